The van der Waals surface area contributed by atoms with E-state index in [0.717, 1.165) is 64.2 Å². The molecule has 0 heterocycles. The Hall–Kier alpha value is -2.37. The van der Waals surface area contributed by atoms with Gasteiger partial charge in [0.25, 0.3) is 0 Å². The lowest BCUT2D eigenvalue weighted by molar-refractivity contribution is -0.150. The molecular formula is C34H56O6. The van der Waals surface area contributed by atoms with Gasteiger partial charge in [0, 0.05) is 6.42 Å². The largest absolute Gasteiger partial charge is 0.478 e. The zero-order valence-corrected chi connectivity index (χ0v) is 25.4. The second kappa shape index (κ2) is 24.4. The van der Waals surface area contributed by atoms with Crippen LogP contribution in [0, 0.1) is 0 Å². The van der Waals surface area contributed by atoms with Gasteiger partial charge in [-0.15, -0.1) is 0 Å². The number of rotatable bonds is 26. The highest BCUT2D eigenvalue weighted by Gasteiger charge is 2.14. The number of hydrogen-bond donors (Lipinski definition) is 1. The number of unbranched alkanes of at least 4 members (excludes halogenated alkanes) is 15. The van der Waals surface area contributed by atoms with Gasteiger partial charge in [-0.1, -0.05) is 104 Å². The van der Waals surface area contributed by atoms with E-state index in [1.807, 2.05) is 0 Å². The summed E-state index contributed by atoms with van der Waals surface area (Å²) in [4.78, 5) is 35.5. The van der Waals surface area contributed by atoms with Crippen LogP contribution >= 0.6 is 0 Å². The van der Waals surface area contributed by atoms with Crippen molar-refractivity contribution >= 4 is 17.9 Å². The van der Waals surface area contributed by atoms with E-state index in [0.29, 0.717) is 18.6 Å². The molecule has 0 radical (unpaired) electrons. The van der Waals surface area contributed by atoms with Gasteiger partial charge in [0.1, 0.15) is 6.10 Å². The standard InChI is InChI=1S/C34H56O6/c1-3-5-7-9-13-17-21-31(22-18-14-10-8-6-4-2)40-32(35)23-19-15-11-12-16-20-28-39-34(38)30-26-24-29(25-27-30)33(36)37/h24-27,31H,3-23,28H2,1-2H3,(H,36,37). The van der Waals surface area contributed by atoms with Gasteiger partial charge in [0.15, 0.2) is 0 Å². The van der Waals surface area contributed by atoms with Crippen LogP contribution in [0.2, 0.25) is 0 Å². The van der Waals surface area contributed by atoms with Crippen LogP contribution in [0.5, 0.6) is 0 Å². The quantitative estimate of drug-likeness (QED) is 0.0896. The Morgan fingerprint density at radius 1 is 0.625 bits per heavy atom. The first kappa shape index (κ1) is 35.7. The summed E-state index contributed by atoms with van der Waals surface area (Å²) in [6.07, 6.45) is 23.5. The number of benzene rings is 1. The van der Waals surface area contributed by atoms with E-state index >= 15 is 0 Å². The molecule has 0 aliphatic rings. The molecule has 0 fully saturated rings. The Morgan fingerprint density at radius 3 is 1.60 bits per heavy atom. The van der Waals surface area contributed by atoms with Gasteiger partial charge in [0.05, 0.1) is 17.7 Å². The van der Waals surface area contributed by atoms with Crippen molar-refractivity contribution in [2.75, 3.05) is 6.61 Å². The third-order valence-corrected chi connectivity index (χ3v) is 7.43. The van der Waals surface area contributed by atoms with Gasteiger partial charge in [-0.25, -0.2) is 9.59 Å². The second-order valence-electron chi connectivity index (χ2n) is 11.1. The first-order valence-corrected chi connectivity index (χ1v) is 16.2. The van der Waals surface area contributed by atoms with Crippen molar-refractivity contribution < 1.29 is 29.0 Å². The van der Waals surface area contributed by atoms with E-state index in [1.165, 1.54) is 88.5 Å². The highest BCUT2D eigenvalue weighted by molar-refractivity contribution is 5.92. The van der Waals surface area contributed by atoms with Crippen LogP contribution in [0.15, 0.2) is 24.3 Å². The third-order valence-electron chi connectivity index (χ3n) is 7.43. The molecule has 0 aliphatic carbocycles. The SMILES string of the molecule is CCCCCCCCC(CCCCCCCC)OC(=O)CCCCCCCCOC(=O)c1ccc(C(=O)O)cc1. The van der Waals surface area contributed by atoms with Crippen LogP contribution in [-0.4, -0.2) is 35.7 Å². The minimum atomic E-state index is -1.02. The molecule has 1 N–H and O–H groups in total. The fourth-order valence-corrected chi connectivity index (χ4v) is 4.89. The summed E-state index contributed by atoms with van der Waals surface area (Å²) in [5.41, 5.74) is 0.504. The number of hydrogen-bond acceptors (Lipinski definition) is 5. The number of aromatic carboxylic acids is 1. The van der Waals surface area contributed by atoms with E-state index in [1.54, 1.807) is 0 Å². The molecular weight excluding hydrogens is 504 g/mol. The lowest BCUT2D eigenvalue weighted by atomic mass is 10.0. The van der Waals surface area contributed by atoms with Crippen LogP contribution in [0.1, 0.15) is 169 Å². The average molecular weight is 561 g/mol. The average Bonchev–Trinajstić information content (AvgIpc) is 2.95. The molecule has 0 unspecified atom stereocenters. The van der Waals surface area contributed by atoms with Crippen molar-refractivity contribution in [3.8, 4) is 0 Å². The zero-order chi connectivity index (χ0) is 29.3. The molecule has 0 amide bonds. The number of ether oxygens (including phenoxy) is 2. The van der Waals surface area contributed by atoms with Crippen molar-refractivity contribution in [3.05, 3.63) is 35.4 Å². The minimum absolute atomic E-state index is 0.0368. The summed E-state index contributed by atoms with van der Waals surface area (Å²) in [7, 11) is 0. The van der Waals surface area contributed by atoms with Crippen molar-refractivity contribution in [1.82, 2.24) is 0 Å². The Kier molecular flexibility index (Phi) is 21.8. The highest BCUT2D eigenvalue weighted by atomic mass is 16.5. The Bertz CT molecular complexity index is 772. The molecule has 40 heavy (non-hydrogen) atoms. The van der Waals surface area contributed by atoms with Crippen LogP contribution in [0.3, 0.4) is 0 Å². The topological polar surface area (TPSA) is 89.9 Å². The van der Waals surface area contributed by atoms with E-state index in [2.05, 4.69) is 13.8 Å². The molecule has 1 rings (SSSR count). The summed E-state index contributed by atoms with van der Waals surface area (Å²) in [5, 5.41) is 8.93. The molecule has 1 aromatic carbocycles. The summed E-state index contributed by atoms with van der Waals surface area (Å²) >= 11 is 0. The number of carbonyl (C=O) groups is 3. The van der Waals surface area contributed by atoms with E-state index in [4.69, 9.17) is 14.6 Å². The zero-order valence-electron chi connectivity index (χ0n) is 25.4. The monoisotopic (exact) mass is 560 g/mol. The van der Waals surface area contributed by atoms with Gasteiger partial charge in [-0.05, 0) is 62.8 Å². The lowest BCUT2D eigenvalue weighted by Crippen LogP contribution is -2.18. The van der Waals surface area contributed by atoms with E-state index in [9.17, 15) is 14.4 Å². The molecule has 0 aromatic heterocycles. The van der Waals surface area contributed by atoms with Gasteiger partial charge >= 0.3 is 17.9 Å². The first-order chi connectivity index (χ1) is 19.5. The van der Waals surface area contributed by atoms with Gasteiger partial charge < -0.3 is 14.6 Å². The highest BCUT2D eigenvalue weighted by Crippen LogP contribution is 2.18. The number of carbonyl (C=O) groups excluding carboxylic acids is 2. The Balaban J connectivity index is 2.14. The third kappa shape index (κ3) is 18.8. The molecule has 6 heteroatoms. The fourth-order valence-electron chi connectivity index (χ4n) is 4.89. The van der Waals surface area contributed by atoms with Crippen LogP contribution < -0.4 is 0 Å². The predicted molar refractivity (Wildman–Crippen MR) is 162 cm³/mol. The molecule has 6 nitrogen and oxygen atoms in total. The molecule has 0 bridgehead atoms. The van der Waals surface area contributed by atoms with Crippen LogP contribution in [0.4, 0.5) is 0 Å². The number of carboxylic acids is 1. The van der Waals surface area contributed by atoms with E-state index < -0.39 is 11.9 Å². The maximum atomic E-state index is 12.5. The van der Waals surface area contributed by atoms with Gasteiger partial charge in [-0.2, -0.15) is 0 Å². The van der Waals surface area contributed by atoms with Crippen LogP contribution in [0.25, 0.3) is 0 Å². The summed E-state index contributed by atoms with van der Waals surface area (Å²) in [6.45, 7) is 4.83. The van der Waals surface area contributed by atoms with Gasteiger partial charge in [0.2, 0.25) is 0 Å². The first-order valence-electron chi connectivity index (χ1n) is 16.2. The second-order valence-corrected chi connectivity index (χ2v) is 11.1. The Morgan fingerprint density at radius 2 is 1.07 bits per heavy atom. The maximum Gasteiger partial charge on any atom is 0.338 e. The molecule has 0 spiro atoms. The minimum Gasteiger partial charge on any atom is -0.478 e. The fraction of sp³-hybridized carbons (Fsp3) is 0.735. The van der Waals surface area contributed by atoms with Crippen molar-refractivity contribution in [3.63, 3.8) is 0 Å². The number of carboxylic acid groups (broad SMARTS) is 1. The molecule has 228 valence electrons. The maximum absolute atomic E-state index is 12.5. The van der Waals surface area contributed by atoms with Crippen molar-refractivity contribution in [1.29, 1.82) is 0 Å². The van der Waals surface area contributed by atoms with Gasteiger partial charge in [-0.3, -0.25) is 4.79 Å². The molecule has 0 aliphatic heterocycles. The van der Waals surface area contributed by atoms with Crippen molar-refractivity contribution in [2.24, 2.45) is 0 Å². The summed E-state index contributed by atoms with van der Waals surface area (Å²) < 4.78 is 11.2. The number of esters is 2. The van der Waals surface area contributed by atoms with E-state index in [-0.39, 0.29) is 17.6 Å². The predicted octanol–water partition coefficient (Wildman–Crippen LogP) is 9.69. The Labute approximate surface area is 243 Å². The normalized spacial score (nSPS) is 11.1. The van der Waals surface area contributed by atoms with Crippen molar-refractivity contribution in [2.45, 2.75) is 155 Å². The molecule has 1 aromatic rings. The summed E-state index contributed by atoms with van der Waals surface area (Å²) in [5.74, 6) is -1.49. The molecule has 0 saturated heterocycles. The summed E-state index contributed by atoms with van der Waals surface area (Å²) in [6, 6.07) is 5.75. The van der Waals surface area contributed by atoms with Crippen LogP contribution in [-0.2, 0) is 14.3 Å². The smallest absolute Gasteiger partial charge is 0.338 e. The molecule has 0 saturated carbocycles. The lowest BCUT2D eigenvalue weighted by Gasteiger charge is -2.18. The molecule has 0 atom stereocenters.